The van der Waals surface area contributed by atoms with E-state index < -0.39 is 22.4 Å². The predicted octanol–water partition coefficient (Wildman–Crippen LogP) is 9.67. The lowest BCUT2D eigenvalue weighted by molar-refractivity contribution is 0.199. The molecule has 0 radical (unpaired) electrons. The number of halogens is 2. The molecule has 6 nitrogen and oxygen atoms in total. The van der Waals surface area contributed by atoms with Gasteiger partial charge in [-0.2, -0.15) is 10.5 Å². The molecule has 4 aromatic carbocycles. The summed E-state index contributed by atoms with van der Waals surface area (Å²) in [6.45, 7) is 10.5. The molecule has 1 saturated carbocycles. The van der Waals surface area contributed by atoms with Crippen molar-refractivity contribution in [2.24, 2.45) is 0 Å². The minimum Gasteiger partial charge on any atom is -0.457 e. The Balaban J connectivity index is 1.68. The van der Waals surface area contributed by atoms with Crippen LogP contribution in [0.4, 0.5) is 8.78 Å². The van der Waals surface area contributed by atoms with Gasteiger partial charge in [0.25, 0.3) is 0 Å². The number of hydrogen-bond donors (Lipinski definition) is 1. The number of benzene rings is 4. The summed E-state index contributed by atoms with van der Waals surface area (Å²) in [5.41, 5.74) is 3.77. The van der Waals surface area contributed by atoms with Gasteiger partial charge in [0, 0.05) is 17.5 Å². The van der Waals surface area contributed by atoms with E-state index in [-0.39, 0.29) is 40.2 Å². The Labute approximate surface area is 282 Å². The summed E-state index contributed by atoms with van der Waals surface area (Å²) in [4.78, 5) is 0.121. The minimum absolute atomic E-state index is 0.0808. The van der Waals surface area contributed by atoms with Crippen molar-refractivity contribution in [3.63, 3.8) is 0 Å². The van der Waals surface area contributed by atoms with E-state index in [9.17, 15) is 27.7 Å². The summed E-state index contributed by atoms with van der Waals surface area (Å²) in [5, 5.41) is 21.9. The predicted molar refractivity (Wildman–Crippen MR) is 185 cm³/mol. The van der Waals surface area contributed by atoms with Crippen LogP contribution >= 0.6 is 0 Å². The molecule has 48 heavy (non-hydrogen) atoms. The van der Waals surface area contributed by atoms with E-state index >= 15 is 0 Å². The second kappa shape index (κ2) is 14.0. The molecule has 4 aromatic rings. The Bertz CT molecular complexity index is 2010. The van der Waals surface area contributed by atoms with E-state index in [2.05, 4.69) is 44.6 Å². The quantitative estimate of drug-likeness (QED) is 0.169. The van der Waals surface area contributed by atoms with Crippen molar-refractivity contribution in [1.82, 2.24) is 4.72 Å². The van der Waals surface area contributed by atoms with Gasteiger partial charge in [-0.25, -0.2) is 21.9 Å². The highest BCUT2D eigenvalue weighted by molar-refractivity contribution is 7.89. The van der Waals surface area contributed by atoms with Gasteiger partial charge in [0.2, 0.25) is 10.0 Å². The maximum atomic E-state index is 14.3. The zero-order valence-corrected chi connectivity index (χ0v) is 28.8. The van der Waals surface area contributed by atoms with E-state index in [0.717, 1.165) is 36.0 Å². The largest absolute Gasteiger partial charge is 0.457 e. The summed E-state index contributed by atoms with van der Waals surface area (Å²) < 4.78 is 63.4. The summed E-state index contributed by atoms with van der Waals surface area (Å²) in [7, 11) is -3.69. The van der Waals surface area contributed by atoms with Crippen molar-refractivity contribution in [3.8, 4) is 34.8 Å². The average molecular weight is 670 g/mol. The van der Waals surface area contributed by atoms with Gasteiger partial charge >= 0.3 is 0 Å². The molecular weight excluding hydrogens is 629 g/mol. The van der Waals surface area contributed by atoms with Gasteiger partial charge in [-0.1, -0.05) is 70.4 Å². The molecule has 250 valence electrons. The Morgan fingerprint density at radius 1 is 0.938 bits per heavy atom. The van der Waals surface area contributed by atoms with Crippen molar-refractivity contribution in [2.75, 3.05) is 6.54 Å². The third-order valence-electron chi connectivity index (χ3n) is 9.01. The van der Waals surface area contributed by atoms with Crippen molar-refractivity contribution in [3.05, 3.63) is 88.5 Å². The Morgan fingerprint density at radius 3 is 2.23 bits per heavy atom. The van der Waals surface area contributed by atoms with Gasteiger partial charge in [-0.15, -0.1) is 0 Å². The highest BCUT2D eigenvalue weighted by Gasteiger charge is 2.35. The van der Waals surface area contributed by atoms with Crippen LogP contribution in [0.25, 0.3) is 21.9 Å². The molecule has 1 fully saturated rings. The maximum absolute atomic E-state index is 14.3. The molecule has 1 N–H and O–H groups in total. The van der Waals surface area contributed by atoms with E-state index in [1.807, 2.05) is 37.3 Å². The van der Waals surface area contributed by atoms with Gasteiger partial charge in [0.05, 0.1) is 16.0 Å². The number of rotatable bonds is 10. The number of sulfonamides is 1. The van der Waals surface area contributed by atoms with Crippen molar-refractivity contribution in [2.45, 2.75) is 95.3 Å². The monoisotopic (exact) mass is 669 g/mol. The molecule has 2 unspecified atom stereocenters. The number of hydrogen-bond acceptors (Lipinski definition) is 5. The molecular formula is C39H41F2N3O3S. The minimum atomic E-state index is -3.69. The van der Waals surface area contributed by atoms with Crippen molar-refractivity contribution >= 4 is 20.8 Å². The molecule has 0 aromatic heterocycles. The molecule has 0 heterocycles. The average Bonchev–Trinajstić information content (AvgIpc) is 3.39. The Hall–Kier alpha value is -4.31. The summed E-state index contributed by atoms with van der Waals surface area (Å²) in [6, 6.07) is 21.9. The van der Waals surface area contributed by atoms with E-state index in [0.29, 0.717) is 39.9 Å². The lowest BCUT2D eigenvalue weighted by Gasteiger charge is -2.23. The summed E-state index contributed by atoms with van der Waals surface area (Å²) in [6.07, 6.45) is -0.211. The smallest absolute Gasteiger partial charge is 0.240 e. The lowest BCUT2D eigenvalue weighted by Crippen LogP contribution is -2.24. The van der Waals surface area contributed by atoms with Crippen LogP contribution in [0.3, 0.4) is 0 Å². The topological polar surface area (TPSA) is 103 Å². The number of nitriles is 2. The van der Waals surface area contributed by atoms with E-state index in [1.54, 1.807) is 18.2 Å². The normalized spacial score (nSPS) is 18.1. The number of alkyl halides is 2. The molecule has 9 heteroatoms. The third kappa shape index (κ3) is 7.38. The summed E-state index contributed by atoms with van der Waals surface area (Å²) >= 11 is 0. The molecule has 1 aliphatic rings. The first-order valence-electron chi connectivity index (χ1n) is 16.4. The van der Waals surface area contributed by atoms with Gasteiger partial charge < -0.3 is 4.74 Å². The molecule has 5 rings (SSSR count). The fourth-order valence-corrected chi connectivity index (χ4v) is 7.47. The van der Waals surface area contributed by atoms with E-state index in [4.69, 9.17) is 4.74 Å². The van der Waals surface area contributed by atoms with Gasteiger partial charge in [-0.3, -0.25) is 0 Å². The molecule has 0 spiro atoms. The Kier molecular flexibility index (Phi) is 10.2. The highest BCUT2D eigenvalue weighted by atomic mass is 32.2. The number of nitrogens with one attached hydrogen (secondary N) is 1. The molecule has 0 bridgehead atoms. The van der Waals surface area contributed by atoms with Gasteiger partial charge in [0.15, 0.2) is 0 Å². The number of ether oxygens (including phenoxy) is 1. The fraction of sp³-hybridized carbons (Fsp3) is 0.385. The summed E-state index contributed by atoms with van der Waals surface area (Å²) in [5.74, 6) is 0.502. The van der Waals surface area contributed by atoms with Crippen molar-refractivity contribution < 1.29 is 21.9 Å². The maximum Gasteiger partial charge on any atom is 0.240 e. The lowest BCUT2D eigenvalue weighted by atomic mass is 9.82. The zero-order valence-electron chi connectivity index (χ0n) is 28.0. The Morgan fingerprint density at radius 2 is 1.62 bits per heavy atom. The molecule has 2 atom stereocenters. The molecule has 0 aliphatic heterocycles. The fourth-order valence-electron chi connectivity index (χ4n) is 6.39. The second-order valence-electron chi connectivity index (χ2n) is 13.7. The van der Waals surface area contributed by atoms with Crippen LogP contribution in [0.1, 0.15) is 93.5 Å². The number of aryl methyl sites for hydroxylation is 1. The third-order valence-corrected chi connectivity index (χ3v) is 10.5. The number of nitrogens with zero attached hydrogens (tertiary/aromatic N) is 2. The number of unbranched alkanes of at least 4 members (excludes halogenated alkanes) is 2. The zero-order chi connectivity index (χ0) is 34.8. The van der Waals surface area contributed by atoms with Crippen LogP contribution in [-0.2, 0) is 15.4 Å². The van der Waals surface area contributed by atoms with Crippen LogP contribution < -0.4 is 9.46 Å². The van der Waals surface area contributed by atoms with Gasteiger partial charge in [-0.05, 0) is 96.0 Å². The second-order valence-corrected chi connectivity index (χ2v) is 15.5. The molecule has 0 amide bonds. The van der Waals surface area contributed by atoms with Gasteiger partial charge in [0.1, 0.15) is 36.0 Å². The first-order valence-corrected chi connectivity index (χ1v) is 17.9. The standard InChI is InChI=1S/C39H41F2N3O3S/c1-6-7-8-13-44-48(45,46)32-11-9-31(10-12-32)47-36-21-30(39(3,4)5)18-28-17-29(22-42)33(23-43)37(38(28)36)27-15-24(2)14-25(16-27)26-19-34(40)35(41)20-26/h9-12,14-18,21,26,34-35,44H,6-8,13,19-20H2,1-5H3. The molecule has 1 aliphatic carbocycles. The van der Waals surface area contributed by atoms with E-state index in [1.165, 1.54) is 12.1 Å². The van der Waals surface area contributed by atoms with Crippen LogP contribution in [0.15, 0.2) is 65.6 Å². The van der Waals surface area contributed by atoms with Crippen LogP contribution in [-0.4, -0.2) is 27.3 Å². The van der Waals surface area contributed by atoms with Crippen molar-refractivity contribution in [1.29, 1.82) is 10.5 Å². The van der Waals surface area contributed by atoms with Crippen LogP contribution in [0, 0.1) is 29.6 Å². The first-order chi connectivity index (χ1) is 22.7. The van der Waals surface area contributed by atoms with Crippen LogP contribution in [0.2, 0.25) is 0 Å². The molecule has 0 saturated heterocycles. The highest BCUT2D eigenvalue weighted by Crippen LogP contribution is 2.45. The SMILES string of the molecule is CCCCCNS(=O)(=O)c1ccc(Oc2cc(C(C)(C)C)cc3cc(C#N)c(C#N)c(-c4cc(C)cc(C5CC(F)C(F)C5)c4)c23)cc1. The number of fused-ring (bicyclic) bond motifs is 1. The first kappa shape index (κ1) is 35.0. The van der Waals surface area contributed by atoms with Crippen LogP contribution in [0.5, 0.6) is 11.5 Å².